The lowest BCUT2D eigenvalue weighted by molar-refractivity contribution is -0.131. The molecule has 1 rings (SSSR count). The van der Waals surface area contributed by atoms with E-state index in [9.17, 15) is 9.59 Å². The fraction of sp³-hybridized carbons (Fsp3) is 0.286. The van der Waals surface area contributed by atoms with Crippen molar-refractivity contribution in [2.45, 2.75) is 20.8 Å². The highest BCUT2D eigenvalue weighted by Crippen LogP contribution is 2.26. The zero-order valence-corrected chi connectivity index (χ0v) is 10.7. The summed E-state index contributed by atoms with van der Waals surface area (Å²) in [5, 5.41) is 8.52. The molecule has 0 aliphatic heterocycles. The number of aliphatic carboxylic acids is 1. The molecule has 0 amide bonds. The Hall–Kier alpha value is -2.10. The molecular weight excluding hydrogens is 232 g/mol. The summed E-state index contributed by atoms with van der Waals surface area (Å²) in [6, 6.07) is 3.62. The number of aryl methyl sites for hydroxylation is 2. The first-order valence-electron chi connectivity index (χ1n) is 5.65. The van der Waals surface area contributed by atoms with Gasteiger partial charge in [0.25, 0.3) is 0 Å². The maximum atomic E-state index is 11.9. The molecule has 0 radical (unpaired) electrons. The van der Waals surface area contributed by atoms with E-state index in [2.05, 4.69) is 0 Å². The number of allylic oxidation sites excluding steroid dienone is 1. The summed E-state index contributed by atoms with van der Waals surface area (Å²) in [6.45, 7) is 6.02. The van der Waals surface area contributed by atoms with Crippen LogP contribution in [0, 0.1) is 13.8 Å². The van der Waals surface area contributed by atoms with Gasteiger partial charge in [-0.05, 0) is 44.0 Å². The van der Waals surface area contributed by atoms with Gasteiger partial charge in [0.15, 0.2) is 5.78 Å². The zero-order chi connectivity index (χ0) is 13.7. The molecule has 0 bridgehead atoms. The number of ketones is 1. The van der Waals surface area contributed by atoms with Crippen molar-refractivity contribution in [3.63, 3.8) is 0 Å². The second-order valence-electron chi connectivity index (χ2n) is 3.93. The summed E-state index contributed by atoms with van der Waals surface area (Å²) in [5.41, 5.74) is 2.19. The summed E-state index contributed by atoms with van der Waals surface area (Å²) < 4.78 is 5.45. The van der Waals surface area contributed by atoms with E-state index in [1.165, 1.54) is 0 Å². The lowest BCUT2D eigenvalue weighted by Crippen LogP contribution is -2.05. The van der Waals surface area contributed by atoms with Crippen molar-refractivity contribution in [3.8, 4) is 5.75 Å². The molecule has 96 valence electrons. The quantitative estimate of drug-likeness (QED) is 0.642. The minimum atomic E-state index is -1.15. The van der Waals surface area contributed by atoms with Gasteiger partial charge in [-0.25, -0.2) is 4.79 Å². The molecule has 0 spiro atoms. The van der Waals surface area contributed by atoms with E-state index in [-0.39, 0.29) is 5.78 Å². The molecule has 0 saturated carbocycles. The van der Waals surface area contributed by atoms with Crippen LogP contribution in [0.25, 0.3) is 0 Å². The van der Waals surface area contributed by atoms with Crippen molar-refractivity contribution in [2.24, 2.45) is 0 Å². The molecule has 0 heterocycles. The van der Waals surface area contributed by atoms with Crippen molar-refractivity contribution < 1.29 is 19.4 Å². The third-order valence-electron chi connectivity index (χ3n) is 2.35. The lowest BCUT2D eigenvalue weighted by atomic mass is 10.0. The molecule has 0 aliphatic carbocycles. The third kappa shape index (κ3) is 3.45. The van der Waals surface area contributed by atoms with Crippen molar-refractivity contribution in [2.75, 3.05) is 6.61 Å². The molecule has 1 aromatic carbocycles. The predicted molar refractivity (Wildman–Crippen MR) is 68.2 cm³/mol. The minimum absolute atomic E-state index is 0.368. The summed E-state index contributed by atoms with van der Waals surface area (Å²) in [6.07, 6.45) is 1.87. The number of carboxylic acids is 1. The maximum absolute atomic E-state index is 11.9. The highest BCUT2D eigenvalue weighted by atomic mass is 16.5. The van der Waals surface area contributed by atoms with Crippen LogP contribution in [0.3, 0.4) is 0 Å². The molecule has 1 aromatic rings. The summed E-state index contributed by atoms with van der Waals surface area (Å²) in [4.78, 5) is 22.3. The van der Waals surface area contributed by atoms with Gasteiger partial charge in [0.05, 0.1) is 12.2 Å². The van der Waals surface area contributed by atoms with E-state index in [0.29, 0.717) is 17.9 Å². The Morgan fingerprint density at radius 1 is 1.28 bits per heavy atom. The summed E-state index contributed by atoms with van der Waals surface area (Å²) in [5.74, 6) is -0.999. The summed E-state index contributed by atoms with van der Waals surface area (Å²) >= 11 is 0. The van der Waals surface area contributed by atoms with Crippen molar-refractivity contribution >= 4 is 11.8 Å². The normalized spacial score (nSPS) is 10.6. The van der Waals surface area contributed by atoms with Gasteiger partial charge in [-0.1, -0.05) is 6.07 Å². The van der Waals surface area contributed by atoms with Gasteiger partial charge >= 0.3 is 5.97 Å². The number of rotatable bonds is 5. The topological polar surface area (TPSA) is 63.6 Å². The molecule has 0 fully saturated rings. The van der Waals surface area contributed by atoms with Gasteiger partial charge in [0, 0.05) is 6.08 Å². The number of hydrogen-bond donors (Lipinski definition) is 1. The molecule has 0 aromatic heterocycles. The molecule has 0 atom stereocenters. The van der Waals surface area contributed by atoms with E-state index >= 15 is 0 Å². The van der Waals surface area contributed by atoms with Crippen LogP contribution in [0.1, 0.15) is 28.4 Å². The van der Waals surface area contributed by atoms with Crippen molar-refractivity contribution in [1.29, 1.82) is 0 Å². The molecular formula is C14H16O4. The largest absolute Gasteiger partial charge is 0.493 e. The molecule has 0 saturated heterocycles. The molecule has 0 aliphatic rings. The smallest absolute Gasteiger partial charge is 0.328 e. The first kappa shape index (κ1) is 14.0. The van der Waals surface area contributed by atoms with Crippen LogP contribution in [0.15, 0.2) is 24.3 Å². The standard InChI is InChI=1S/C14H16O4/c1-4-18-14-10(3)7-9(2)8-11(14)12(15)5-6-13(16)17/h5-8H,4H2,1-3H3,(H,16,17)/b6-5+. The molecule has 4 nitrogen and oxygen atoms in total. The number of carbonyl (C=O) groups excluding carboxylic acids is 1. The molecule has 1 N–H and O–H groups in total. The maximum Gasteiger partial charge on any atom is 0.328 e. The number of carbonyl (C=O) groups is 2. The van der Waals surface area contributed by atoms with E-state index < -0.39 is 5.97 Å². The molecule has 0 unspecified atom stereocenters. The number of hydrogen-bond acceptors (Lipinski definition) is 3. The van der Waals surface area contributed by atoms with Gasteiger partial charge in [0.1, 0.15) is 5.75 Å². The zero-order valence-electron chi connectivity index (χ0n) is 10.7. The molecule has 18 heavy (non-hydrogen) atoms. The van der Waals surface area contributed by atoms with Crippen LogP contribution < -0.4 is 4.74 Å². The van der Waals surface area contributed by atoms with Crippen LogP contribution in [0.4, 0.5) is 0 Å². The Morgan fingerprint density at radius 2 is 1.94 bits per heavy atom. The highest BCUT2D eigenvalue weighted by molar-refractivity contribution is 6.08. The van der Waals surface area contributed by atoms with E-state index in [0.717, 1.165) is 23.3 Å². The second kappa shape index (κ2) is 6.00. The van der Waals surface area contributed by atoms with Crippen LogP contribution in [-0.4, -0.2) is 23.5 Å². The van der Waals surface area contributed by atoms with E-state index in [4.69, 9.17) is 9.84 Å². The Labute approximate surface area is 106 Å². The van der Waals surface area contributed by atoms with E-state index in [1.807, 2.05) is 26.8 Å². The van der Waals surface area contributed by atoms with Crippen molar-refractivity contribution in [1.82, 2.24) is 0 Å². The SMILES string of the molecule is CCOc1c(C)cc(C)cc1C(=O)/C=C/C(=O)O. The molecule has 4 heteroatoms. The first-order chi connectivity index (χ1) is 8.45. The fourth-order valence-electron chi connectivity index (χ4n) is 1.71. The second-order valence-corrected chi connectivity index (χ2v) is 3.93. The Balaban J connectivity index is 3.20. The van der Waals surface area contributed by atoms with E-state index in [1.54, 1.807) is 6.07 Å². The highest BCUT2D eigenvalue weighted by Gasteiger charge is 2.13. The first-order valence-corrected chi connectivity index (χ1v) is 5.65. The number of benzene rings is 1. The third-order valence-corrected chi connectivity index (χ3v) is 2.35. The average molecular weight is 248 g/mol. The van der Waals surface area contributed by atoms with Crippen molar-refractivity contribution in [3.05, 3.63) is 41.0 Å². The van der Waals surface area contributed by atoms with Gasteiger partial charge < -0.3 is 9.84 Å². The van der Waals surface area contributed by atoms with Crippen LogP contribution in [-0.2, 0) is 4.79 Å². The fourth-order valence-corrected chi connectivity index (χ4v) is 1.71. The number of ether oxygens (including phenoxy) is 1. The lowest BCUT2D eigenvalue weighted by Gasteiger charge is -2.12. The van der Waals surface area contributed by atoms with Crippen LogP contribution in [0.5, 0.6) is 5.75 Å². The van der Waals surface area contributed by atoms with Gasteiger partial charge in [-0.2, -0.15) is 0 Å². The minimum Gasteiger partial charge on any atom is -0.493 e. The van der Waals surface area contributed by atoms with Gasteiger partial charge in [0.2, 0.25) is 0 Å². The van der Waals surface area contributed by atoms with Crippen LogP contribution in [0.2, 0.25) is 0 Å². The van der Waals surface area contributed by atoms with Gasteiger partial charge in [-0.15, -0.1) is 0 Å². The Morgan fingerprint density at radius 3 is 2.50 bits per heavy atom. The Kier molecular flexibility index (Phi) is 4.66. The van der Waals surface area contributed by atoms with Crippen LogP contribution >= 0.6 is 0 Å². The Bertz CT molecular complexity index is 501. The number of carboxylic acid groups (broad SMARTS) is 1. The van der Waals surface area contributed by atoms with Gasteiger partial charge in [-0.3, -0.25) is 4.79 Å². The monoisotopic (exact) mass is 248 g/mol. The average Bonchev–Trinajstić information content (AvgIpc) is 2.29. The summed E-state index contributed by atoms with van der Waals surface area (Å²) in [7, 11) is 0. The predicted octanol–water partition coefficient (Wildman–Crippen LogP) is 2.53.